The van der Waals surface area contributed by atoms with Crippen LogP contribution in [-0.4, -0.2) is 81.8 Å². The molecule has 4 heterocycles. The predicted octanol–water partition coefficient (Wildman–Crippen LogP) is 3.88. The van der Waals surface area contributed by atoms with Crippen LogP contribution in [0.2, 0.25) is 0 Å². The van der Waals surface area contributed by atoms with Crippen molar-refractivity contribution in [3.63, 3.8) is 0 Å². The monoisotopic (exact) mass is 642 g/mol. The smallest absolute Gasteiger partial charge is 0.414 e. The van der Waals surface area contributed by atoms with Crippen molar-refractivity contribution < 1.29 is 38.1 Å². The minimum Gasteiger partial charge on any atom is -0.493 e. The Bertz CT molecular complexity index is 1700. The fourth-order valence-electron chi connectivity index (χ4n) is 6.53. The molecule has 2 aromatic carbocycles. The number of H-pyrrole nitrogens is 1. The van der Waals surface area contributed by atoms with Crippen LogP contribution in [-0.2, 0) is 27.9 Å². The van der Waals surface area contributed by atoms with Gasteiger partial charge in [0.25, 0.3) is 5.91 Å². The van der Waals surface area contributed by atoms with Gasteiger partial charge < -0.3 is 43.8 Å². The van der Waals surface area contributed by atoms with Gasteiger partial charge in [-0.1, -0.05) is 15.9 Å². The summed E-state index contributed by atoms with van der Waals surface area (Å²) in [5.74, 6) is 0.651. The van der Waals surface area contributed by atoms with Gasteiger partial charge in [-0.05, 0) is 30.5 Å². The van der Waals surface area contributed by atoms with Crippen LogP contribution in [0.5, 0.6) is 23.0 Å². The van der Waals surface area contributed by atoms with Gasteiger partial charge in [0.05, 0.1) is 56.5 Å². The summed E-state index contributed by atoms with van der Waals surface area (Å²) in [6.07, 6.45) is 0.112. The quantitative estimate of drug-likeness (QED) is 0.314. The summed E-state index contributed by atoms with van der Waals surface area (Å²) in [5, 5.41) is 4.05. The number of hydrogen-bond acceptors (Lipinski definition) is 9. The highest BCUT2D eigenvalue weighted by Gasteiger charge is 2.59. The van der Waals surface area contributed by atoms with Crippen molar-refractivity contribution >= 4 is 56.2 Å². The first kappa shape index (κ1) is 28.0. The fourth-order valence-corrected chi connectivity index (χ4v) is 7.15. The molecule has 13 heteroatoms. The lowest BCUT2D eigenvalue weighted by atomic mass is 9.84. The lowest BCUT2D eigenvalue weighted by molar-refractivity contribution is -0.122. The third kappa shape index (κ3) is 3.61. The molecule has 0 fully saturated rings. The van der Waals surface area contributed by atoms with E-state index in [1.807, 2.05) is 6.07 Å². The molecule has 12 nitrogen and oxygen atoms in total. The topological polar surface area (TPSA) is 132 Å². The molecule has 0 aliphatic carbocycles. The Balaban J connectivity index is 1.71. The Morgan fingerprint density at radius 2 is 1.81 bits per heavy atom. The summed E-state index contributed by atoms with van der Waals surface area (Å²) >= 11 is 3.74. The van der Waals surface area contributed by atoms with Gasteiger partial charge in [-0.3, -0.25) is 4.79 Å². The molecule has 3 aromatic rings. The number of anilines is 2. The number of aromatic amines is 1. The standard InChI is InChI=1S/C29H31BrN4O8/c1-12-17(26(35)41-7)18-15-9-14(30)11-34-22(15)19(24(21(18)31-12)42-28(37)33(2)3)29(27(34)36)10-13-8-16(38-4)23(39-5)25(40-6)20(13)32-29/h8,14,31-32H,9-11H2,1-7H3/t14-,29?/m0/s1. The van der Waals surface area contributed by atoms with E-state index in [4.69, 9.17) is 23.7 Å². The number of carbonyl (C=O) groups is 3. The maximum atomic E-state index is 14.6. The van der Waals surface area contributed by atoms with Crippen molar-refractivity contribution in [3.8, 4) is 23.0 Å². The van der Waals surface area contributed by atoms with Gasteiger partial charge in [0, 0.05) is 43.0 Å². The van der Waals surface area contributed by atoms with Crippen LogP contribution in [0.15, 0.2) is 6.07 Å². The molecule has 0 radical (unpaired) electrons. The van der Waals surface area contributed by atoms with E-state index in [1.165, 1.54) is 33.3 Å². The summed E-state index contributed by atoms with van der Waals surface area (Å²) in [6, 6.07) is 1.82. The molecule has 6 rings (SSSR count). The number of hydrogen-bond donors (Lipinski definition) is 2. The van der Waals surface area contributed by atoms with Gasteiger partial charge in [0.2, 0.25) is 5.75 Å². The number of fused-ring (bicyclic) bond motifs is 4. The summed E-state index contributed by atoms with van der Waals surface area (Å²) in [6.45, 7) is 2.15. The lowest BCUT2D eigenvalue weighted by Crippen LogP contribution is -2.47. The number of esters is 1. The second-order valence-corrected chi connectivity index (χ2v) is 12.1. The molecule has 0 saturated carbocycles. The Labute approximate surface area is 250 Å². The van der Waals surface area contributed by atoms with Gasteiger partial charge in [0.15, 0.2) is 22.8 Å². The molecule has 222 valence electrons. The highest BCUT2D eigenvalue weighted by Crippen LogP contribution is 2.61. The van der Waals surface area contributed by atoms with Gasteiger partial charge >= 0.3 is 12.1 Å². The predicted molar refractivity (Wildman–Crippen MR) is 158 cm³/mol. The van der Waals surface area contributed by atoms with Gasteiger partial charge in [-0.25, -0.2) is 9.59 Å². The SMILES string of the molecule is COC(=O)c1c(C)[nH]c2c(OC(=O)N(C)C)c3c4c(c12)C[C@H](Br)CN4C(=O)C31Cc2cc(OC)c(OC)c(OC)c2N1. The summed E-state index contributed by atoms with van der Waals surface area (Å²) in [5.41, 5.74) is 3.24. The zero-order valence-corrected chi connectivity index (χ0v) is 25.9. The molecule has 3 aliphatic heterocycles. The first-order valence-electron chi connectivity index (χ1n) is 13.3. The Morgan fingerprint density at radius 3 is 2.43 bits per heavy atom. The number of methoxy groups -OCH3 is 4. The average Bonchev–Trinajstić information content (AvgIpc) is 3.59. The number of aryl methyl sites for hydroxylation is 1. The number of alkyl halides is 1. The molecule has 2 amide bonds. The Kier molecular flexibility index (Phi) is 6.48. The number of nitrogens with one attached hydrogen (secondary N) is 2. The minimum atomic E-state index is -1.35. The van der Waals surface area contributed by atoms with Crippen LogP contribution >= 0.6 is 15.9 Å². The maximum Gasteiger partial charge on any atom is 0.414 e. The van der Waals surface area contributed by atoms with Crippen molar-refractivity contribution in [2.75, 3.05) is 59.3 Å². The molecule has 0 bridgehead atoms. The van der Waals surface area contributed by atoms with Crippen LogP contribution in [0.1, 0.15) is 32.7 Å². The molecule has 2 N–H and O–H groups in total. The lowest BCUT2D eigenvalue weighted by Gasteiger charge is -2.30. The second-order valence-electron chi connectivity index (χ2n) is 10.8. The van der Waals surface area contributed by atoms with Crippen molar-refractivity contribution in [1.29, 1.82) is 0 Å². The van der Waals surface area contributed by atoms with Gasteiger partial charge in [-0.15, -0.1) is 0 Å². The van der Waals surface area contributed by atoms with E-state index in [-0.39, 0.29) is 22.9 Å². The summed E-state index contributed by atoms with van der Waals surface area (Å²) in [7, 11) is 9.04. The van der Waals surface area contributed by atoms with Crippen molar-refractivity contribution in [3.05, 3.63) is 34.0 Å². The van der Waals surface area contributed by atoms with E-state index >= 15 is 0 Å². The molecule has 0 saturated heterocycles. The number of carbonyl (C=O) groups excluding carboxylic acids is 3. The fraction of sp³-hybridized carbons (Fsp3) is 0.414. The van der Waals surface area contributed by atoms with Crippen LogP contribution < -0.4 is 29.2 Å². The first-order valence-corrected chi connectivity index (χ1v) is 14.2. The molecule has 1 spiro atoms. The average molecular weight is 643 g/mol. The van der Waals surface area contributed by atoms with Crippen molar-refractivity contribution in [2.45, 2.75) is 30.1 Å². The molecule has 1 unspecified atom stereocenters. The van der Waals surface area contributed by atoms with Crippen LogP contribution in [0.4, 0.5) is 16.2 Å². The molecule has 2 atom stereocenters. The van der Waals surface area contributed by atoms with E-state index < -0.39 is 17.6 Å². The zero-order valence-electron chi connectivity index (χ0n) is 24.3. The number of ether oxygens (including phenoxy) is 5. The highest BCUT2D eigenvalue weighted by atomic mass is 79.9. The second kappa shape index (κ2) is 9.72. The maximum absolute atomic E-state index is 14.6. The molecule has 3 aliphatic rings. The Hall–Kier alpha value is -4.13. The number of aromatic nitrogens is 1. The van der Waals surface area contributed by atoms with E-state index in [0.29, 0.717) is 69.3 Å². The van der Waals surface area contributed by atoms with Crippen molar-refractivity contribution in [1.82, 2.24) is 9.88 Å². The number of amides is 2. The van der Waals surface area contributed by atoms with E-state index in [2.05, 4.69) is 26.2 Å². The normalized spacial score (nSPS) is 19.9. The third-order valence-electron chi connectivity index (χ3n) is 8.23. The number of nitrogens with zero attached hydrogens (tertiary/aromatic N) is 2. The Morgan fingerprint density at radius 1 is 1.10 bits per heavy atom. The van der Waals surface area contributed by atoms with Crippen LogP contribution in [0.3, 0.4) is 0 Å². The first-order chi connectivity index (χ1) is 20.0. The molecular formula is C29H31BrN4O8. The summed E-state index contributed by atoms with van der Waals surface area (Å²) in [4.78, 5) is 47.0. The molecular weight excluding hydrogens is 612 g/mol. The number of benzene rings is 2. The third-order valence-corrected chi connectivity index (χ3v) is 8.84. The minimum absolute atomic E-state index is 0.0884. The summed E-state index contributed by atoms with van der Waals surface area (Å²) < 4.78 is 28.2. The highest BCUT2D eigenvalue weighted by molar-refractivity contribution is 9.09. The van der Waals surface area contributed by atoms with E-state index in [0.717, 1.165) is 11.1 Å². The van der Waals surface area contributed by atoms with E-state index in [9.17, 15) is 14.4 Å². The number of halogens is 1. The zero-order chi connectivity index (χ0) is 30.2. The molecule has 42 heavy (non-hydrogen) atoms. The largest absolute Gasteiger partial charge is 0.493 e. The van der Waals surface area contributed by atoms with E-state index in [1.54, 1.807) is 25.9 Å². The number of rotatable bonds is 5. The molecule has 1 aromatic heterocycles. The van der Waals surface area contributed by atoms with Crippen LogP contribution in [0, 0.1) is 6.92 Å². The van der Waals surface area contributed by atoms with Gasteiger partial charge in [-0.2, -0.15) is 0 Å². The van der Waals surface area contributed by atoms with Gasteiger partial charge in [0.1, 0.15) is 0 Å². The van der Waals surface area contributed by atoms with Crippen molar-refractivity contribution in [2.24, 2.45) is 0 Å². The van der Waals surface area contributed by atoms with Crippen LogP contribution in [0.25, 0.3) is 10.9 Å².